The molecule has 1 aromatic heterocycles. The number of carboxylic acids is 1. The second-order valence-corrected chi connectivity index (χ2v) is 17.1. The van der Waals surface area contributed by atoms with Gasteiger partial charge in [-0.05, 0) is 74.7 Å². The molecule has 0 spiro atoms. The number of nitrogens with zero attached hydrogens (tertiary/aromatic N) is 2. The minimum Gasteiger partial charge on any atom is -0.508 e. The number of carbonyl (C=O) groups excluding carboxylic acids is 1. The molecule has 8 atom stereocenters. The lowest BCUT2D eigenvalue weighted by atomic mass is 9.90. The van der Waals surface area contributed by atoms with E-state index in [1.165, 1.54) is 41.7 Å². The van der Waals surface area contributed by atoms with Gasteiger partial charge in [0.25, 0.3) is 5.79 Å². The average molecular weight is 914 g/mol. The van der Waals surface area contributed by atoms with Crippen LogP contribution >= 0.6 is 0 Å². The lowest BCUT2D eigenvalue weighted by Gasteiger charge is -2.47. The number of aliphatic hydroxyl groups excluding tert-OH is 4. The Hall–Kier alpha value is -6.00. The number of phenolic OH excluding ortho intramolecular Hbond substituents is 1. The summed E-state index contributed by atoms with van der Waals surface area (Å²) in [6.07, 6.45) is -3.56. The van der Waals surface area contributed by atoms with Gasteiger partial charge in [-0.3, -0.25) is 29.5 Å². The van der Waals surface area contributed by atoms with Crippen molar-refractivity contribution in [1.29, 1.82) is 0 Å². The van der Waals surface area contributed by atoms with Crippen LogP contribution in [0.1, 0.15) is 48.8 Å². The van der Waals surface area contributed by atoms with Crippen LogP contribution in [0.3, 0.4) is 0 Å². The monoisotopic (exact) mass is 913 g/mol. The zero-order valence-corrected chi connectivity index (χ0v) is 35.9. The molecule has 1 aliphatic carbocycles. The standard InChI is InChI=1S/C47H51N3O16/c1-24-17-25(2)19-28(18-24)37-36-27(13-15-48-36)21-50(37)66-41-39(55)40(56)42(47(61,23-52)65-44(59)35(43(57)58)46(60,14-16-51)49-29-5-3-4-6-29)64-45(41)63-31-11-12-32-34(20-31)62-22-33(38(32)54)26-7-9-30(53)10-8-26/h7-13,15,17-20,22,29,35,39-42,45,49,51-53,55-56,60-61H,3-6,14,16,21,23H2,1-2H3,(H,57,58)/t35-,39+,40+,41-,42+,45-,46-,47+/m0/s1. The summed E-state index contributed by atoms with van der Waals surface area (Å²) in [5, 5.41) is 92.0. The first-order chi connectivity index (χ1) is 31.5. The number of nitrogens with one attached hydrogen (secondary N) is 1. The fourth-order valence-electron chi connectivity index (χ4n) is 9.07. The molecule has 66 heavy (non-hydrogen) atoms. The molecule has 4 heterocycles. The SMILES string of the molecule is Cc1cc(C)cc(C2=C3N=CC=C3CN2O[C@@H]2[C@@H](Oc3ccc4c(=O)c(-c5ccc(O)cc5)coc4c3)O[C@@H]([C@@](O)(CO)OC(=O)[C@H](C(=O)O)[C@@](O)(CCO)NC3CCCC3)[C@H](O)[C@H]2O)c1. The van der Waals surface area contributed by atoms with Crippen molar-refractivity contribution in [2.24, 2.45) is 10.9 Å². The number of phenols is 1. The number of ether oxygens (including phenoxy) is 3. The minimum atomic E-state index is -3.32. The van der Waals surface area contributed by atoms with Crippen molar-refractivity contribution in [3.63, 3.8) is 0 Å². The van der Waals surface area contributed by atoms with Crippen molar-refractivity contribution < 1.29 is 73.9 Å². The van der Waals surface area contributed by atoms with Gasteiger partial charge in [-0.25, -0.2) is 5.06 Å². The van der Waals surface area contributed by atoms with Crippen molar-refractivity contribution in [3.05, 3.63) is 111 Å². The predicted molar refractivity (Wildman–Crippen MR) is 233 cm³/mol. The van der Waals surface area contributed by atoms with Gasteiger partial charge in [0, 0.05) is 42.5 Å². The third-order valence-electron chi connectivity index (χ3n) is 12.2. The Bertz CT molecular complexity index is 2620. The van der Waals surface area contributed by atoms with Crippen LogP contribution in [0.2, 0.25) is 0 Å². The topological polar surface area (TPSA) is 291 Å². The molecule has 1 saturated carbocycles. The lowest BCUT2D eigenvalue weighted by Crippen LogP contribution is -2.69. The number of aliphatic carboxylic acids is 1. The molecule has 2 fully saturated rings. The molecule has 350 valence electrons. The molecule has 0 unspecified atom stereocenters. The molecule has 4 aromatic rings. The van der Waals surface area contributed by atoms with Gasteiger partial charge in [0.05, 0.1) is 28.9 Å². The van der Waals surface area contributed by atoms with Crippen LogP contribution in [0.5, 0.6) is 11.5 Å². The molecule has 19 nitrogen and oxygen atoms in total. The van der Waals surface area contributed by atoms with E-state index in [4.69, 9.17) is 23.5 Å². The first-order valence-corrected chi connectivity index (χ1v) is 21.5. The smallest absolute Gasteiger partial charge is 0.327 e. The number of allylic oxidation sites excluding steroid dienone is 1. The van der Waals surface area contributed by atoms with Gasteiger partial charge in [-0.1, -0.05) is 42.2 Å². The Morgan fingerprint density at radius 3 is 2.35 bits per heavy atom. The third kappa shape index (κ3) is 9.09. The molecule has 0 amide bonds. The van der Waals surface area contributed by atoms with Crippen LogP contribution < -0.4 is 15.5 Å². The van der Waals surface area contributed by atoms with Crippen molar-refractivity contribution in [1.82, 2.24) is 10.4 Å². The highest BCUT2D eigenvalue weighted by molar-refractivity contribution is 5.95. The fourth-order valence-corrected chi connectivity index (χ4v) is 9.07. The van der Waals surface area contributed by atoms with Gasteiger partial charge in [-0.2, -0.15) is 0 Å². The highest BCUT2D eigenvalue weighted by Crippen LogP contribution is 2.41. The number of carbonyl (C=O) groups is 2. The number of aryl methyl sites for hydroxylation is 2. The highest BCUT2D eigenvalue weighted by Gasteiger charge is 2.59. The first kappa shape index (κ1) is 46.5. The van der Waals surface area contributed by atoms with Crippen LogP contribution in [-0.2, 0) is 23.9 Å². The number of benzene rings is 3. The summed E-state index contributed by atoms with van der Waals surface area (Å²) in [6.45, 7) is 1.66. The number of hydrogen-bond acceptors (Lipinski definition) is 18. The number of hydrogen-bond donors (Lipinski definition) is 9. The zero-order valence-electron chi connectivity index (χ0n) is 35.9. The van der Waals surface area contributed by atoms with E-state index in [2.05, 4.69) is 10.3 Å². The van der Waals surface area contributed by atoms with E-state index in [1.807, 2.05) is 32.0 Å². The molecular weight excluding hydrogens is 863 g/mol. The number of hydroxylamine groups is 2. The van der Waals surface area contributed by atoms with E-state index in [9.17, 15) is 55.2 Å². The summed E-state index contributed by atoms with van der Waals surface area (Å²) in [7, 11) is 0. The van der Waals surface area contributed by atoms with E-state index in [0.29, 0.717) is 35.4 Å². The zero-order chi connectivity index (χ0) is 47.1. The predicted octanol–water partition coefficient (Wildman–Crippen LogP) is 2.13. The number of aliphatic imine (C=N–C) groups is 1. The number of aliphatic hydroxyl groups is 6. The van der Waals surface area contributed by atoms with Crippen LogP contribution in [0.4, 0.5) is 0 Å². The summed E-state index contributed by atoms with van der Waals surface area (Å²) in [5.41, 5.74) is 2.15. The molecule has 4 aliphatic rings. The van der Waals surface area contributed by atoms with E-state index in [-0.39, 0.29) is 34.6 Å². The first-order valence-electron chi connectivity index (χ1n) is 21.5. The van der Waals surface area contributed by atoms with Crippen molar-refractivity contribution in [3.8, 4) is 22.6 Å². The Labute approximate surface area is 377 Å². The van der Waals surface area contributed by atoms with Gasteiger partial charge in [0.2, 0.25) is 6.29 Å². The summed E-state index contributed by atoms with van der Waals surface area (Å²) < 4.78 is 23.5. The molecule has 0 bridgehead atoms. The van der Waals surface area contributed by atoms with E-state index >= 15 is 0 Å². The van der Waals surface area contributed by atoms with Gasteiger partial charge in [0.15, 0.2) is 23.6 Å². The Morgan fingerprint density at radius 2 is 1.68 bits per heavy atom. The molecule has 3 aromatic carbocycles. The minimum absolute atomic E-state index is 0.00579. The molecule has 19 heteroatoms. The average Bonchev–Trinajstić information content (AvgIpc) is 4.02. The summed E-state index contributed by atoms with van der Waals surface area (Å²) in [5.74, 6) is -9.52. The van der Waals surface area contributed by atoms with Gasteiger partial charge < -0.3 is 59.5 Å². The Kier molecular flexibility index (Phi) is 13.2. The number of aromatic hydroxyl groups is 1. The van der Waals surface area contributed by atoms with Gasteiger partial charge in [0.1, 0.15) is 47.9 Å². The van der Waals surface area contributed by atoms with Crippen molar-refractivity contribution >= 4 is 34.8 Å². The highest BCUT2D eigenvalue weighted by atomic mass is 16.8. The molecule has 1 saturated heterocycles. The second-order valence-electron chi connectivity index (χ2n) is 17.1. The maximum Gasteiger partial charge on any atom is 0.327 e. The molecule has 3 aliphatic heterocycles. The van der Waals surface area contributed by atoms with E-state index in [0.717, 1.165) is 29.5 Å². The summed E-state index contributed by atoms with van der Waals surface area (Å²) in [4.78, 5) is 51.2. The van der Waals surface area contributed by atoms with Crippen LogP contribution in [0, 0.1) is 19.8 Å². The third-order valence-corrected chi connectivity index (χ3v) is 12.2. The quantitative estimate of drug-likeness (QED) is 0.0442. The second kappa shape index (κ2) is 18.7. The normalized spacial score (nSPS) is 24.2. The van der Waals surface area contributed by atoms with Gasteiger partial charge in [-0.15, -0.1) is 0 Å². The van der Waals surface area contributed by atoms with Crippen LogP contribution in [0.25, 0.3) is 27.8 Å². The maximum atomic E-state index is 13.9. The van der Waals surface area contributed by atoms with Crippen molar-refractivity contribution in [2.75, 3.05) is 19.8 Å². The lowest BCUT2D eigenvalue weighted by molar-refractivity contribution is -0.372. The number of fused-ring (bicyclic) bond motifs is 2. The Morgan fingerprint density at radius 1 is 0.970 bits per heavy atom. The summed E-state index contributed by atoms with van der Waals surface area (Å²) in [6, 6.07) is 15.5. The molecule has 0 radical (unpaired) electrons. The molecule has 9 N–H and O–H groups in total. The Balaban J connectivity index is 1.14. The molecule has 8 rings (SSSR count). The number of carboxylic acid groups (broad SMARTS) is 1. The molecular formula is C47H51N3O16. The van der Waals surface area contributed by atoms with Crippen LogP contribution in [0.15, 0.2) is 98.5 Å². The maximum absolute atomic E-state index is 13.9. The number of esters is 1. The van der Waals surface area contributed by atoms with Crippen LogP contribution in [-0.4, -0.2) is 132 Å². The van der Waals surface area contributed by atoms with Gasteiger partial charge >= 0.3 is 11.9 Å². The fraction of sp³-hybridized carbons (Fsp3) is 0.404. The summed E-state index contributed by atoms with van der Waals surface area (Å²) >= 11 is 0. The largest absolute Gasteiger partial charge is 0.508 e. The van der Waals surface area contributed by atoms with Crippen molar-refractivity contribution in [2.45, 2.75) is 94.2 Å². The van der Waals surface area contributed by atoms with E-state index in [1.54, 1.807) is 24.4 Å². The number of rotatable bonds is 16. The van der Waals surface area contributed by atoms with E-state index < -0.39 is 91.2 Å².